The molecular formula is C7H7Br2NOS. The van der Waals surface area contributed by atoms with Crippen LogP contribution in [0.3, 0.4) is 0 Å². The van der Waals surface area contributed by atoms with E-state index in [-0.39, 0.29) is 17.0 Å². The Kier molecular flexibility index (Phi) is 3.43. The Labute approximate surface area is 93.9 Å². The van der Waals surface area contributed by atoms with E-state index in [1.165, 1.54) is 0 Å². The smallest absolute Gasteiger partial charge is 0.283 e. The number of rotatable bonds is 0. The van der Waals surface area contributed by atoms with Crippen molar-refractivity contribution in [1.29, 1.82) is 0 Å². The van der Waals surface area contributed by atoms with Gasteiger partial charge in [-0.2, -0.15) is 4.57 Å². The fourth-order valence-corrected chi connectivity index (χ4v) is 2.59. The average Bonchev–Trinajstić information content (AvgIpc) is 2.45. The zero-order chi connectivity index (χ0) is 7.84. The van der Waals surface area contributed by atoms with E-state index in [4.69, 9.17) is 0 Å². The molecule has 0 amide bonds. The van der Waals surface area contributed by atoms with Gasteiger partial charge in [0.1, 0.15) is 0 Å². The topological polar surface area (TPSA) is 24.1 Å². The molecule has 0 aromatic carbocycles. The number of thioether (sulfide) groups is 1. The van der Waals surface area contributed by atoms with Crippen molar-refractivity contribution >= 4 is 27.7 Å². The summed E-state index contributed by atoms with van der Waals surface area (Å²) in [5.74, 6) is 1.43. The Bertz CT molecular complexity index is 306. The van der Waals surface area contributed by atoms with Crippen molar-refractivity contribution < 1.29 is 26.7 Å². The second kappa shape index (κ2) is 3.98. The number of hydrogen-bond acceptors (Lipinski definition) is 2. The van der Waals surface area contributed by atoms with Crippen molar-refractivity contribution in [3.05, 3.63) is 16.7 Å². The van der Waals surface area contributed by atoms with Crippen molar-refractivity contribution in [3.8, 4) is 5.75 Å². The number of aromatic nitrogens is 1. The maximum absolute atomic E-state index is 9.53. The molecule has 66 valence electrons. The number of fused-ring (bicyclic) bond motifs is 1. The van der Waals surface area contributed by atoms with E-state index in [2.05, 4.69) is 20.5 Å². The first-order valence-corrected chi connectivity index (χ1v) is 5.10. The van der Waals surface area contributed by atoms with E-state index in [1.807, 2.05) is 12.3 Å². The minimum Gasteiger partial charge on any atom is -1.00 e. The number of pyridine rings is 1. The van der Waals surface area contributed by atoms with E-state index in [9.17, 15) is 5.11 Å². The molecule has 0 spiro atoms. The summed E-state index contributed by atoms with van der Waals surface area (Å²) in [4.78, 5) is 0. The molecule has 1 aromatic heterocycles. The lowest BCUT2D eigenvalue weighted by atomic mass is 10.4. The number of hydrogen-bond donors (Lipinski definition) is 1. The second-order valence-corrected chi connectivity index (χ2v) is 4.30. The van der Waals surface area contributed by atoms with Gasteiger partial charge in [0, 0.05) is 6.07 Å². The summed E-state index contributed by atoms with van der Waals surface area (Å²) < 4.78 is 2.84. The van der Waals surface area contributed by atoms with Gasteiger partial charge < -0.3 is 22.1 Å². The van der Waals surface area contributed by atoms with Crippen LogP contribution in [-0.2, 0) is 6.54 Å². The van der Waals surface area contributed by atoms with Crippen LogP contribution in [0.5, 0.6) is 5.75 Å². The molecule has 2 nitrogen and oxygen atoms in total. The minimum absolute atomic E-state index is 0. The van der Waals surface area contributed by atoms with Crippen LogP contribution in [0.2, 0.25) is 0 Å². The third-order valence-electron chi connectivity index (χ3n) is 1.66. The monoisotopic (exact) mass is 311 g/mol. The molecule has 1 aromatic rings. The summed E-state index contributed by atoms with van der Waals surface area (Å²) in [5, 5.41) is 10.5. The van der Waals surface area contributed by atoms with Crippen LogP contribution in [0, 0.1) is 0 Å². The molecule has 0 bridgehead atoms. The number of nitrogens with zero attached hydrogens (tertiary/aromatic N) is 1. The van der Waals surface area contributed by atoms with Gasteiger partial charge in [-0.05, 0) is 27.7 Å². The molecule has 1 aliphatic rings. The van der Waals surface area contributed by atoms with Gasteiger partial charge in [0.25, 0.3) is 5.03 Å². The maximum atomic E-state index is 9.53. The number of aromatic hydroxyl groups is 1. The lowest BCUT2D eigenvalue weighted by molar-refractivity contribution is -0.723. The van der Waals surface area contributed by atoms with Crippen molar-refractivity contribution in [1.82, 2.24) is 0 Å². The van der Waals surface area contributed by atoms with E-state index in [0.717, 1.165) is 21.8 Å². The summed E-state index contributed by atoms with van der Waals surface area (Å²) in [7, 11) is 0. The summed E-state index contributed by atoms with van der Waals surface area (Å²) in [6.45, 7) is 1.00. The first kappa shape index (κ1) is 10.3. The summed E-state index contributed by atoms with van der Waals surface area (Å²) >= 11 is 4.96. The van der Waals surface area contributed by atoms with E-state index >= 15 is 0 Å². The highest BCUT2D eigenvalue weighted by atomic mass is 79.9. The Morgan fingerprint density at radius 1 is 1.58 bits per heavy atom. The van der Waals surface area contributed by atoms with Gasteiger partial charge in [-0.1, -0.05) is 0 Å². The Balaban J connectivity index is 0.000000720. The van der Waals surface area contributed by atoms with Crippen LogP contribution in [0.1, 0.15) is 0 Å². The van der Waals surface area contributed by atoms with Crippen molar-refractivity contribution in [3.63, 3.8) is 0 Å². The molecule has 0 atom stereocenters. The molecule has 0 aliphatic carbocycles. The summed E-state index contributed by atoms with van der Waals surface area (Å²) in [6, 6.07) is 1.87. The Morgan fingerprint density at radius 2 is 2.33 bits per heavy atom. The Hall–Kier alpha value is 0.260. The molecule has 2 rings (SSSR count). The quantitative estimate of drug-likeness (QED) is 0.593. The number of aryl methyl sites for hydroxylation is 1. The summed E-state index contributed by atoms with van der Waals surface area (Å²) in [6.07, 6.45) is 1.99. The van der Waals surface area contributed by atoms with E-state index in [0.29, 0.717) is 5.75 Å². The van der Waals surface area contributed by atoms with Crippen molar-refractivity contribution in [2.24, 2.45) is 0 Å². The molecule has 2 heterocycles. The van der Waals surface area contributed by atoms with Crippen LogP contribution in [-0.4, -0.2) is 10.9 Å². The van der Waals surface area contributed by atoms with Gasteiger partial charge in [-0.15, -0.1) is 0 Å². The second-order valence-electron chi connectivity index (χ2n) is 2.36. The van der Waals surface area contributed by atoms with Crippen LogP contribution < -0.4 is 21.5 Å². The molecule has 0 saturated carbocycles. The first-order valence-electron chi connectivity index (χ1n) is 3.33. The highest BCUT2D eigenvalue weighted by Crippen LogP contribution is 2.33. The van der Waals surface area contributed by atoms with Crippen molar-refractivity contribution in [2.45, 2.75) is 11.6 Å². The van der Waals surface area contributed by atoms with Crippen LogP contribution in [0.4, 0.5) is 0 Å². The third kappa shape index (κ3) is 1.63. The SMILES string of the molecule is Oc1c(Br)cc[n+]2c1SCC2.[Br-]. The lowest BCUT2D eigenvalue weighted by Gasteiger charge is -1.96. The van der Waals surface area contributed by atoms with E-state index < -0.39 is 0 Å². The van der Waals surface area contributed by atoms with Gasteiger partial charge in [0.05, 0.1) is 10.2 Å². The largest absolute Gasteiger partial charge is 1.00 e. The third-order valence-corrected chi connectivity index (χ3v) is 3.39. The molecule has 1 aliphatic heterocycles. The maximum Gasteiger partial charge on any atom is 0.283 e. The predicted molar refractivity (Wildman–Crippen MR) is 46.7 cm³/mol. The zero-order valence-electron chi connectivity index (χ0n) is 6.13. The van der Waals surface area contributed by atoms with Gasteiger partial charge in [-0.25, -0.2) is 0 Å². The molecule has 0 fully saturated rings. The fourth-order valence-electron chi connectivity index (χ4n) is 1.11. The molecule has 12 heavy (non-hydrogen) atoms. The number of halogens is 2. The average molecular weight is 313 g/mol. The predicted octanol–water partition coefficient (Wildman–Crippen LogP) is -1.45. The first-order chi connectivity index (χ1) is 5.29. The minimum atomic E-state index is 0. The van der Waals surface area contributed by atoms with Gasteiger partial charge in [-0.3, -0.25) is 0 Å². The molecule has 1 N–H and O–H groups in total. The summed E-state index contributed by atoms with van der Waals surface area (Å²) in [5.41, 5.74) is 0. The molecule has 0 radical (unpaired) electrons. The van der Waals surface area contributed by atoms with Crippen molar-refractivity contribution in [2.75, 3.05) is 5.75 Å². The lowest BCUT2D eigenvalue weighted by Crippen LogP contribution is -3.00. The van der Waals surface area contributed by atoms with Crippen LogP contribution in [0.15, 0.2) is 21.8 Å². The van der Waals surface area contributed by atoms with Gasteiger partial charge in [0.2, 0.25) is 5.75 Å². The fraction of sp³-hybridized carbons (Fsp3) is 0.286. The molecular weight excluding hydrogens is 306 g/mol. The van der Waals surface area contributed by atoms with Crippen LogP contribution in [0.25, 0.3) is 0 Å². The van der Waals surface area contributed by atoms with Gasteiger partial charge >= 0.3 is 0 Å². The van der Waals surface area contributed by atoms with Gasteiger partial charge in [0.15, 0.2) is 12.7 Å². The highest BCUT2D eigenvalue weighted by molar-refractivity contribution is 9.10. The molecule has 0 saturated heterocycles. The molecule has 5 heteroatoms. The normalized spacial score (nSPS) is 13.8. The van der Waals surface area contributed by atoms with E-state index in [1.54, 1.807) is 11.8 Å². The Morgan fingerprint density at radius 3 is 3.08 bits per heavy atom. The highest BCUT2D eigenvalue weighted by Gasteiger charge is 2.24. The molecule has 0 unspecified atom stereocenters. The zero-order valence-corrected chi connectivity index (χ0v) is 10.1. The standard InChI is InChI=1S/C7H6BrNOS.BrH/c8-5-1-2-9-3-4-11-7(9)6(5)10;/h1-2H,3-4H2;1H. The van der Waals surface area contributed by atoms with Crippen LogP contribution >= 0.6 is 27.7 Å².